The van der Waals surface area contributed by atoms with E-state index in [4.69, 9.17) is 16.0 Å². The molecule has 0 aromatic carbocycles. The Balaban J connectivity index is 2.18. The van der Waals surface area contributed by atoms with Crippen LogP contribution in [0.15, 0.2) is 27.5 Å². The lowest BCUT2D eigenvalue weighted by molar-refractivity contribution is 0.441. The second-order valence-corrected chi connectivity index (χ2v) is 4.59. The van der Waals surface area contributed by atoms with Gasteiger partial charge in [-0.3, -0.25) is 4.57 Å². The third-order valence-electron chi connectivity index (χ3n) is 2.87. The lowest BCUT2D eigenvalue weighted by atomic mass is 10.1. The molecular weight excluding hydrogens is 240 g/mol. The summed E-state index contributed by atoms with van der Waals surface area (Å²) in [7, 11) is 0. The zero-order chi connectivity index (χ0) is 12.3. The normalized spacial score (nSPS) is 13.1. The number of hydrogen-bond donors (Lipinski definition) is 0. The van der Waals surface area contributed by atoms with Gasteiger partial charge in [0.05, 0.1) is 0 Å². The molecule has 2 aromatic heterocycles. The number of aryl methyl sites for hydroxylation is 1. The van der Waals surface area contributed by atoms with Gasteiger partial charge < -0.3 is 4.42 Å². The summed E-state index contributed by atoms with van der Waals surface area (Å²) in [5, 5.41) is 0. The van der Waals surface area contributed by atoms with E-state index in [0.29, 0.717) is 29.6 Å². The fraction of sp³-hybridized carbons (Fsp3) is 0.500. The van der Waals surface area contributed by atoms with Crippen LogP contribution in [0.25, 0.3) is 11.2 Å². The molecule has 1 unspecified atom stereocenters. The Hall–Kier alpha value is -1.29. The Morgan fingerprint density at radius 2 is 2.35 bits per heavy atom. The summed E-state index contributed by atoms with van der Waals surface area (Å²) in [5.41, 5.74) is 1.16. The van der Waals surface area contributed by atoms with Gasteiger partial charge in [-0.2, -0.15) is 0 Å². The van der Waals surface area contributed by atoms with Gasteiger partial charge in [0.15, 0.2) is 11.2 Å². The number of fused-ring (bicyclic) bond motifs is 1. The van der Waals surface area contributed by atoms with Gasteiger partial charge in [0, 0.05) is 18.6 Å². The van der Waals surface area contributed by atoms with Crippen LogP contribution in [0, 0.1) is 5.92 Å². The van der Waals surface area contributed by atoms with Crippen molar-refractivity contribution in [1.29, 1.82) is 0 Å². The lowest BCUT2D eigenvalue weighted by Gasteiger charge is -2.08. The highest BCUT2D eigenvalue weighted by Gasteiger charge is 2.10. The van der Waals surface area contributed by atoms with Crippen molar-refractivity contribution >= 4 is 22.8 Å². The minimum Gasteiger partial charge on any atom is -0.406 e. The van der Waals surface area contributed by atoms with Crippen molar-refractivity contribution in [2.45, 2.75) is 26.3 Å². The Bertz CT molecular complexity index is 547. The number of aromatic nitrogens is 2. The summed E-state index contributed by atoms with van der Waals surface area (Å²) in [5.74, 6) is 0.810. The zero-order valence-electron chi connectivity index (χ0n) is 9.73. The van der Waals surface area contributed by atoms with E-state index in [-0.39, 0.29) is 5.76 Å². The standard InChI is InChI=1S/C12H15ClN2O2/c1-9(4-6-13)5-8-15-11-10(17-12(15)16)3-2-7-14-11/h2-3,7,9H,4-6,8H2,1H3. The first kappa shape index (κ1) is 12.2. The summed E-state index contributed by atoms with van der Waals surface area (Å²) in [6, 6.07) is 3.51. The topological polar surface area (TPSA) is 48.0 Å². The maximum absolute atomic E-state index is 11.6. The molecule has 5 heteroatoms. The highest BCUT2D eigenvalue weighted by molar-refractivity contribution is 6.17. The second kappa shape index (κ2) is 5.36. The van der Waals surface area contributed by atoms with Crippen LogP contribution in [0.1, 0.15) is 19.8 Å². The molecule has 0 radical (unpaired) electrons. The summed E-state index contributed by atoms with van der Waals surface area (Å²) < 4.78 is 6.69. The van der Waals surface area contributed by atoms with Crippen molar-refractivity contribution in [3.8, 4) is 0 Å². The van der Waals surface area contributed by atoms with Gasteiger partial charge in [-0.15, -0.1) is 11.6 Å². The molecule has 0 spiro atoms. The second-order valence-electron chi connectivity index (χ2n) is 4.22. The molecule has 17 heavy (non-hydrogen) atoms. The number of pyridine rings is 1. The first-order chi connectivity index (χ1) is 8.22. The van der Waals surface area contributed by atoms with Gasteiger partial charge >= 0.3 is 5.76 Å². The molecule has 2 aromatic rings. The minimum atomic E-state index is -0.336. The molecule has 2 rings (SSSR count). The molecule has 0 saturated carbocycles. The minimum absolute atomic E-state index is 0.336. The van der Waals surface area contributed by atoms with Gasteiger partial charge in [-0.1, -0.05) is 6.92 Å². The lowest BCUT2D eigenvalue weighted by Crippen LogP contribution is -2.16. The van der Waals surface area contributed by atoms with Crippen LogP contribution in [0.2, 0.25) is 0 Å². The molecule has 2 heterocycles. The summed E-state index contributed by atoms with van der Waals surface area (Å²) in [4.78, 5) is 15.8. The predicted molar refractivity (Wildman–Crippen MR) is 67.4 cm³/mol. The van der Waals surface area contributed by atoms with Gasteiger partial charge in [-0.05, 0) is 30.9 Å². The molecule has 0 aliphatic rings. The van der Waals surface area contributed by atoms with Crippen molar-refractivity contribution in [2.75, 3.05) is 5.88 Å². The number of alkyl halides is 1. The first-order valence-electron chi connectivity index (χ1n) is 5.72. The van der Waals surface area contributed by atoms with E-state index in [1.54, 1.807) is 22.9 Å². The van der Waals surface area contributed by atoms with Crippen LogP contribution in [-0.4, -0.2) is 15.4 Å². The fourth-order valence-corrected chi connectivity index (χ4v) is 2.15. The van der Waals surface area contributed by atoms with E-state index in [9.17, 15) is 4.79 Å². The third-order valence-corrected chi connectivity index (χ3v) is 3.09. The van der Waals surface area contributed by atoms with Crippen molar-refractivity contribution in [1.82, 2.24) is 9.55 Å². The van der Waals surface area contributed by atoms with Crippen molar-refractivity contribution in [3.63, 3.8) is 0 Å². The Kier molecular flexibility index (Phi) is 3.84. The average molecular weight is 255 g/mol. The predicted octanol–water partition coefficient (Wildman–Crippen LogP) is 2.64. The zero-order valence-corrected chi connectivity index (χ0v) is 10.5. The largest absolute Gasteiger partial charge is 0.421 e. The van der Waals surface area contributed by atoms with Gasteiger partial charge in [0.2, 0.25) is 0 Å². The molecule has 0 saturated heterocycles. The van der Waals surface area contributed by atoms with Crippen LogP contribution in [-0.2, 0) is 6.54 Å². The number of halogens is 1. The van der Waals surface area contributed by atoms with Crippen LogP contribution < -0.4 is 5.76 Å². The fourth-order valence-electron chi connectivity index (χ4n) is 1.78. The molecule has 0 N–H and O–H groups in total. The Morgan fingerprint density at radius 3 is 3.12 bits per heavy atom. The van der Waals surface area contributed by atoms with Crippen LogP contribution in [0.5, 0.6) is 0 Å². The molecule has 0 aliphatic heterocycles. The van der Waals surface area contributed by atoms with E-state index in [1.807, 2.05) is 0 Å². The van der Waals surface area contributed by atoms with Crippen molar-refractivity contribution < 1.29 is 4.42 Å². The Morgan fingerprint density at radius 1 is 1.53 bits per heavy atom. The molecule has 0 amide bonds. The van der Waals surface area contributed by atoms with Crippen LogP contribution >= 0.6 is 11.6 Å². The first-order valence-corrected chi connectivity index (χ1v) is 6.26. The molecule has 92 valence electrons. The number of hydrogen-bond acceptors (Lipinski definition) is 3. The third kappa shape index (κ3) is 2.69. The quantitative estimate of drug-likeness (QED) is 0.771. The molecule has 0 bridgehead atoms. The summed E-state index contributed by atoms with van der Waals surface area (Å²) in [6.07, 6.45) is 3.52. The van der Waals surface area contributed by atoms with Crippen LogP contribution in [0.3, 0.4) is 0 Å². The molecule has 4 nitrogen and oxygen atoms in total. The van der Waals surface area contributed by atoms with E-state index in [1.165, 1.54) is 0 Å². The van der Waals surface area contributed by atoms with E-state index in [2.05, 4.69) is 11.9 Å². The average Bonchev–Trinajstić information content (AvgIpc) is 2.62. The summed E-state index contributed by atoms with van der Waals surface area (Å²) in [6.45, 7) is 2.75. The number of nitrogens with zero attached hydrogens (tertiary/aromatic N) is 2. The maximum atomic E-state index is 11.6. The van der Waals surface area contributed by atoms with E-state index in [0.717, 1.165) is 12.8 Å². The highest BCUT2D eigenvalue weighted by Crippen LogP contribution is 2.13. The molecular formula is C12H15ClN2O2. The van der Waals surface area contributed by atoms with E-state index < -0.39 is 0 Å². The molecule has 1 atom stereocenters. The molecule has 0 fully saturated rings. The smallest absolute Gasteiger partial charge is 0.406 e. The van der Waals surface area contributed by atoms with Gasteiger partial charge in [-0.25, -0.2) is 9.78 Å². The maximum Gasteiger partial charge on any atom is 0.421 e. The molecule has 0 aliphatic carbocycles. The van der Waals surface area contributed by atoms with Crippen LogP contribution in [0.4, 0.5) is 0 Å². The van der Waals surface area contributed by atoms with Crippen molar-refractivity contribution in [3.05, 3.63) is 28.9 Å². The SMILES string of the molecule is CC(CCCl)CCn1c(=O)oc2cccnc21. The Labute approximate surface area is 104 Å². The van der Waals surface area contributed by atoms with Crippen molar-refractivity contribution in [2.24, 2.45) is 5.92 Å². The van der Waals surface area contributed by atoms with E-state index >= 15 is 0 Å². The highest BCUT2D eigenvalue weighted by atomic mass is 35.5. The number of rotatable bonds is 5. The van der Waals surface area contributed by atoms with Gasteiger partial charge in [0.25, 0.3) is 0 Å². The monoisotopic (exact) mass is 254 g/mol. The number of oxazole rings is 1. The van der Waals surface area contributed by atoms with Gasteiger partial charge in [0.1, 0.15) is 0 Å². The summed E-state index contributed by atoms with van der Waals surface area (Å²) >= 11 is 5.68.